The number of methoxy groups -OCH3 is 1. The minimum absolute atomic E-state index is 0.390. The van der Waals surface area contributed by atoms with Gasteiger partial charge in [-0.3, -0.25) is 4.98 Å². The average molecular weight is 230 g/mol. The first-order chi connectivity index (χ1) is 8.31. The van der Waals surface area contributed by atoms with Gasteiger partial charge in [-0.15, -0.1) is 0 Å². The third kappa shape index (κ3) is 2.94. The van der Waals surface area contributed by atoms with Gasteiger partial charge in [0.2, 0.25) is 0 Å². The van der Waals surface area contributed by atoms with Crippen molar-refractivity contribution in [3.8, 4) is 0 Å². The van der Waals surface area contributed by atoms with E-state index in [0.717, 1.165) is 24.2 Å². The van der Waals surface area contributed by atoms with Crippen molar-refractivity contribution in [2.24, 2.45) is 0 Å². The molecule has 1 heterocycles. The van der Waals surface area contributed by atoms with E-state index >= 15 is 0 Å². The van der Waals surface area contributed by atoms with E-state index in [4.69, 9.17) is 4.74 Å². The molecule has 1 unspecified atom stereocenters. The summed E-state index contributed by atoms with van der Waals surface area (Å²) in [5, 5.41) is 4.67. The summed E-state index contributed by atoms with van der Waals surface area (Å²) < 4.78 is 5.09. The summed E-state index contributed by atoms with van der Waals surface area (Å²) in [7, 11) is 1.73. The van der Waals surface area contributed by atoms with Gasteiger partial charge in [-0.1, -0.05) is 6.07 Å². The summed E-state index contributed by atoms with van der Waals surface area (Å²) in [6.45, 7) is 2.94. The molecule has 0 aliphatic rings. The van der Waals surface area contributed by atoms with Crippen LogP contribution in [0.4, 0.5) is 5.69 Å². The number of ether oxygens (including phenoxy) is 1. The van der Waals surface area contributed by atoms with Gasteiger partial charge >= 0.3 is 0 Å². The quantitative estimate of drug-likeness (QED) is 0.857. The molecular formula is C14H18N2O. The second kappa shape index (κ2) is 5.64. The number of nitrogens with zero attached hydrogens (tertiary/aromatic N) is 1. The molecule has 1 atom stereocenters. The average Bonchev–Trinajstić information content (AvgIpc) is 2.37. The summed E-state index contributed by atoms with van der Waals surface area (Å²) in [5.41, 5.74) is 2.16. The lowest BCUT2D eigenvalue weighted by Gasteiger charge is -2.16. The van der Waals surface area contributed by atoms with Crippen molar-refractivity contribution < 1.29 is 4.74 Å². The fourth-order valence-corrected chi connectivity index (χ4v) is 1.86. The highest BCUT2D eigenvalue weighted by Gasteiger charge is 2.05. The summed E-state index contributed by atoms with van der Waals surface area (Å²) in [6, 6.07) is 10.6. The summed E-state index contributed by atoms with van der Waals surface area (Å²) in [6.07, 6.45) is 2.81. The van der Waals surface area contributed by atoms with Crippen LogP contribution in [0.25, 0.3) is 10.9 Å². The predicted octanol–water partition coefficient (Wildman–Crippen LogP) is 3.07. The number of fused-ring (bicyclic) bond motifs is 1. The minimum Gasteiger partial charge on any atom is -0.385 e. The van der Waals surface area contributed by atoms with Crippen LogP contribution in [0.1, 0.15) is 13.3 Å². The largest absolute Gasteiger partial charge is 0.385 e. The van der Waals surface area contributed by atoms with Crippen LogP contribution in [-0.4, -0.2) is 24.7 Å². The monoisotopic (exact) mass is 230 g/mol. The van der Waals surface area contributed by atoms with Gasteiger partial charge < -0.3 is 10.1 Å². The molecule has 1 aromatic heterocycles. The van der Waals surface area contributed by atoms with E-state index in [1.165, 1.54) is 5.39 Å². The second-order valence-corrected chi connectivity index (χ2v) is 4.20. The van der Waals surface area contributed by atoms with Gasteiger partial charge in [-0.25, -0.2) is 0 Å². The Hall–Kier alpha value is -1.61. The molecule has 90 valence electrons. The van der Waals surface area contributed by atoms with Gasteiger partial charge in [0.15, 0.2) is 0 Å². The number of pyridine rings is 1. The molecule has 0 aliphatic carbocycles. The van der Waals surface area contributed by atoms with E-state index in [2.05, 4.69) is 29.4 Å². The normalized spacial score (nSPS) is 12.6. The van der Waals surface area contributed by atoms with E-state index in [1.54, 1.807) is 7.11 Å². The summed E-state index contributed by atoms with van der Waals surface area (Å²) in [5.74, 6) is 0. The van der Waals surface area contributed by atoms with Crippen molar-refractivity contribution in [1.29, 1.82) is 0 Å². The Labute approximate surface area is 102 Å². The van der Waals surface area contributed by atoms with Crippen molar-refractivity contribution in [1.82, 2.24) is 4.98 Å². The first-order valence-electron chi connectivity index (χ1n) is 5.90. The van der Waals surface area contributed by atoms with Crippen LogP contribution in [0.2, 0.25) is 0 Å². The fourth-order valence-electron chi connectivity index (χ4n) is 1.86. The third-order valence-electron chi connectivity index (χ3n) is 2.80. The van der Waals surface area contributed by atoms with Crippen molar-refractivity contribution in [3.05, 3.63) is 36.5 Å². The molecule has 17 heavy (non-hydrogen) atoms. The number of rotatable bonds is 5. The van der Waals surface area contributed by atoms with Crippen LogP contribution in [0, 0.1) is 0 Å². The molecule has 3 nitrogen and oxygen atoms in total. The Morgan fingerprint density at radius 1 is 1.29 bits per heavy atom. The van der Waals surface area contributed by atoms with Gasteiger partial charge in [-0.05, 0) is 37.6 Å². The highest BCUT2D eigenvalue weighted by molar-refractivity contribution is 5.91. The number of benzene rings is 1. The Balaban J connectivity index is 2.18. The maximum absolute atomic E-state index is 5.09. The second-order valence-electron chi connectivity index (χ2n) is 4.20. The topological polar surface area (TPSA) is 34.1 Å². The smallest absolute Gasteiger partial charge is 0.0722 e. The number of nitrogens with one attached hydrogen (secondary N) is 1. The molecule has 0 radical (unpaired) electrons. The fraction of sp³-hybridized carbons (Fsp3) is 0.357. The predicted molar refractivity (Wildman–Crippen MR) is 71.3 cm³/mol. The van der Waals surface area contributed by atoms with Crippen LogP contribution in [-0.2, 0) is 4.74 Å². The summed E-state index contributed by atoms with van der Waals surface area (Å²) in [4.78, 5) is 4.35. The molecule has 3 heteroatoms. The van der Waals surface area contributed by atoms with Gasteiger partial charge in [0.05, 0.1) is 5.52 Å². The molecule has 1 N–H and O–H groups in total. The molecule has 0 saturated heterocycles. The molecule has 0 fully saturated rings. The third-order valence-corrected chi connectivity index (χ3v) is 2.80. The molecule has 1 aromatic carbocycles. The van der Waals surface area contributed by atoms with Crippen LogP contribution >= 0.6 is 0 Å². The number of hydrogen-bond donors (Lipinski definition) is 1. The molecule has 2 aromatic rings. The number of anilines is 1. The molecule has 0 amide bonds. The van der Waals surface area contributed by atoms with E-state index in [1.807, 2.05) is 24.4 Å². The zero-order chi connectivity index (χ0) is 12.1. The number of aromatic nitrogens is 1. The molecular weight excluding hydrogens is 212 g/mol. The Kier molecular flexibility index (Phi) is 3.94. The highest BCUT2D eigenvalue weighted by Crippen LogP contribution is 2.22. The maximum Gasteiger partial charge on any atom is 0.0722 e. The van der Waals surface area contributed by atoms with E-state index < -0.39 is 0 Å². The lowest BCUT2D eigenvalue weighted by molar-refractivity contribution is 0.191. The zero-order valence-corrected chi connectivity index (χ0v) is 10.3. The van der Waals surface area contributed by atoms with E-state index in [9.17, 15) is 0 Å². The number of hydrogen-bond acceptors (Lipinski definition) is 3. The SMILES string of the molecule is COCCC(C)Nc1cccc2ncccc12. The standard InChI is InChI=1S/C14H18N2O/c1-11(8-10-17-2)16-14-7-3-6-13-12(14)5-4-9-15-13/h3-7,9,11,16H,8,10H2,1-2H3. The van der Waals surface area contributed by atoms with Crippen molar-refractivity contribution >= 4 is 16.6 Å². The molecule has 0 bridgehead atoms. The Morgan fingerprint density at radius 2 is 2.18 bits per heavy atom. The van der Waals surface area contributed by atoms with Gasteiger partial charge in [-0.2, -0.15) is 0 Å². The van der Waals surface area contributed by atoms with Crippen LogP contribution < -0.4 is 5.32 Å². The first-order valence-corrected chi connectivity index (χ1v) is 5.90. The van der Waals surface area contributed by atoms with Crippen molar-refractivity contribution in [3.63, 3.8) is 0 Å². The van der Waals surface area contributed by atoms with E-state index in [-0.39, 0.29) is 0 Å². The van der Waals surface area contributed by atoms with Crippen LogP contribution in [0.5, 0.6) is 0 Å². The van der Waals surface area contributed by atoms with Crippen LogP contribution in [0.15, 0.2) is 36.5 Å². The van der Waals surface area contributed by atoms with Gasteiger partial charge in [0, 0.05) is 37.0 Å². The minimum atomic E-state index is 0.390. The van der Waals surface area contributed by atoms with Gasteiger partial charge in [0.1, 0.15) is 0 Å². The Bertz CT molecular complexity index is 479. The molecule has 2 rings (SSSR count). The highest BCUT2D eigenvalue weighted by atomic mass is 16.5. The first kappa shape index (κ1) is 11.9. The van der Waals surface area contributed by atoms with Crippen LogP contribution in [0.3, 0.4) is 0 Å². The molecule has 0 saturated carbocycles. The van der Waals surface area contributed by atoms with Gasteiger partial charge in [0.25, 0.3) is 0 Å². The van der Waals surface area contributed by atoms with Crippen molar-refractivity contribution in [2.75, 3.05) is 19.0 Å². The Morgan fingerprint density at radius 3 is 3.00 bits per heavy atom. The maximum atomic E-state index is 5.09. The summed E-state index contributed by atoms with van der Waals surface area (Å²) >= 11 is 0. The van der Waals surface area contributed by atoms with E-state index in [0.29, 0.717) is 6.04 Å². The molecule has 0 aliphatic heterocycles. The lowest BCUT2D eigenvalue weighted by Crippen LogP contribution is -2.17. The molecule has 0 spiro atoms. The van der Waals surface area contributed by atoms with Crippen molar-refractivity contribution in [2.45, 2.75) is 19.4 Å². The lowest BCUT2D eigenvalue weighted by atomic mass is 10.1. The zero-order valence-electron chi connectivity index (χ0n) is 10.3.